The number of carbonyl (C=O) groups is 1. The number of rotatable bonds is 4. The summed E-state index contributed by atoms with van der Waals surface area (Å²) in [5, 5.41) is 9.59. The second-order valence-electron chi connectivity index (χ2n) is 3.71. The third kappa shape index (κ3) is 3.14. The van der Waals surface area contributed by atoms with Crippen LogP contribution in [0, 0.1) is 0 Å². The summed E-state index contributed by atoms with van der Waals surface area (Å²) in [6.07, 6.45) is 4.54. The fraction of sp³-hybridized carbons (Fsp3) is 0.250. The van der Waals surface area contributed by atoms with Crippen molar-refractivity contribution in [2.24, 2.45) is 0 Å². The number of hydrogen-bond donors (Lipinski definition) is 2. The molecule has 0 aliphatic heterocycles. The van der Waals surface area contributed by atoms with E-state index in [0.29, 0.717) is 12.2 Å². The number of aromatic nitrogens is 3. The summed E-state index contributed by atoms with van der Waals surface area (Å²) in [6.45, 7) is 2.02. The Morgan fingerprint density at radius 3 is 2.82 bits per heavy atom. The Balaban J connectivity index is 1.93. The van der Waals surface area contributed by atoms with E-state index in [1.54, 1.807) is 12.4 Å². The van der Waals surface area contributed by atoms with Gasteiger partial charge in [0, 0.05) is 24.2 Å². The molecule has 0 bridgehead atoms. The average Bonchev–Trinajstić information content (AvgIpc) is 2.78. The number of carbonyl (C=O) groups excluding carboxylic acids is 1. The largest absolute Gasteiger partial charge is 0.309 e. The number of aromatic amines is 1. The maximum absolute atomic E-state index is 11.7. The first kappa shape index (κ1) is 11.3. The fourth-order valence-electron chi connectivity index (χ4n) is 1.48. The molecule has 0 saturated carbocycles. The van der Waals surface area contributed by atoms with E-state index >= 15 is 0 Å². The van der Waals surface area contributed by atoms with E-state index in [9.17, 15) is 4.79 Å². The molecule has 0 aliphatic carbocycles. The van der Waals surface area contributed by atoms with Gasteiger partial charge in [0.15, 0.2) is 5.82 Å². The van der Waals surface area contributed by atoms with Crippen LogP contribution >= 0.6 is 0 Å². The van der Waals surface area contributed by atoms with Gasteiger partial charge in [0.05, 0.1) is 6.42 Å². The molecule has 0 aromatic carbocycles. The van der Waals surface area contributed by atoms with Crippen molar-refractivity contribution in [3.05, 3.63) is 41.9 Å². The number of H-pyrrole nitrogens is 1. The number of aryl methyl sites for hydroxylation is 1. The minimum Gasteiger partial charge on any atom is -0.309 e. The van der Waals surface area contributed by atoms with Crippen molar-refractivity contribution >= 4 is 11.7 Å². The van der Waals surface area contributed by atoms with Crippen LogP contribution in [-0.4, -0.2) is 21.1 Å². The van der Waals surface area contributed by atoms with Crippen LogP contribution in [0.5, 0.6) is 0 Å². The first-order chi connectivity index (χ1) is 8.28. The van der Waals surface area contributed by atoms with Crippen LogP contribution in [0.4, 0.5) is 5.82 Å². The Hall–Kier alpha value is -2.17. The molecule has 0 saturated heterocycles. The van der Waals surface area contributed by atoms with Gasteiger partial charge in [-0.3, -0.25) is 14.9 Å². The zero-order chi connectivity index (χ0) is 12.1. The molecule has 2 heterocycles. The normalized spacial score (nSPS) is 10.2. The summed E-state index contributed by atoms with van der Waals surface area (Å²) in [4.78, 5) is 15.6. The lowest BCUT2D eigenvalue weighted by Crippen LogP contribution is -2.14. The van der Waals surface area contributed by atoms with Crippen LogP contribution in [-0.2, 0) is 17.6 Å². The second kappa shape index (κ2) is 5.25. The van der Waals surface area contributed by atoms with Gasteiger partial charge in [-0.15, -0.1) is 0 Å². The van der Waals surface area contributed by atoms with Crippen molar-refractivity contribution in [2.45, 2.75) is 19.8 Å². The topological polar surface area (TPSA) is 70.7 Å². The predicted octanol–water partition coefficient (Wildman–Crippen LogP) is 1.55. The van der Waals surface area contributed by atoms with E-state index in [2.05, 4.69) is 20.5 Å². The Labute approximate surface area is 99.3 Å². The molecule has 0 atom stereocenters. The predicted molar refractivity (Wildman–Crippen MR) is 64.5 cm³/mol. The number of nitrogens with one attached hydrogen (secondary N) is 2. The number of amides is 1. The molecule has 0 unspecified atom stereocenters. The van der Waals surface area contributed by atoms with Crippen molar-refractivity contribution in [1.82, 2.24) is 15.2 Å². The molecule has 2 aromatic heterocycles. The second-order valence-corrected chi connectivity index (χ2v) is 3.71. The molecule has 0 fully saturated rings. The fourth-order valence-corrected chi connectivity index (χ4v) is 1.48. The first-order valence-electron chi connectivity index (χ1n) is 5.51. The molecule has 5 nitrogen and oxygen atoms in total. The number of nitrogens with zero attached hydrogens (tertiary/aromatic N) is 2. The van der Waals surface area contributed by atoms with Gasteiger partial charge in [-0.25, -0.2) is 0 Å². The van der Waals surface area contributed by atoms with E-state index in [-0.39, 0.29) is 5.91 Å². The molecule has 5 heteroatoms. The maximum Gasteiger partial charge on any atom is 0.229 e. The summed E-state index contributed by atoms with van der Waals surface area (Å²) in [6, 6.07) is 5.48. The lowest BCUT2D eigenvalue weighted by molar-refractivity contribution is -0.115. The standard InChI is InChI=1S/C12H14N4O/c1-2-10-8-11(16-15-10)14-12(17)7-9-3-5-13-6-4-9/h3-6,8H,2,7H2,1H3,(H2,14,15,16,17). The molecular weight excluding hydrogens is 216 g/mol. The van der Waals surface area contributed by atoms with Gasteiger partial charge < -0.3 is 5.32 Å². The molecule has 2 N–H and O–H groups in total. The van der Waals surface area contributed by atoms with E-state index in [4.69, 9.17) is 0 Å². The lowest BCUT2D eigenvalue weighted by atomic mass is 10.2. The molecule has 0 spiro atoms. The van der Waals surface area contributed by atoms with Crippen molar-refractivity contribution in [3.63, 3.8) is 0 Å². The monoisotopic (exact) mass is 230 g/mol. The van der Waals surface area contributed by atoms with E-state index in [0.717, 1.165) is 17.7 Å². The Kier molecular flexibility index (Phi) is 3.49. The van der Waals surface area contributed by atoms with Crippen LogP contribution in [0.2, 0.25) is 0 Å². The van der Waals surface area contributed by atoms with Gasteiger partial charge in [0.2, 0.25) is 5.91 Å². The molecule has 17 heavy (non-hydrogen) atoms. The summed E-state index contributed by atoms with van der Waals surface area (Å²) >= 11 is 0. The summed E-state index contributed by atoms with van der Waals surface area (Å²) in [5.41, 5.74) is 1.94. The Morgan fingerprint density at radius 1 is 1.41 bits per heavy atom. The van der Waals surface area contributed by atoms with Crippen molar-refractivity contribution in [1.29, 1.82) is 0 Å². The SMILES string of the molecule is CCc1cc(NC(=O)Cc2ccncc2)n[nH]1. The first-order valence-corrected chi connectivity index (χ1v) is 5.51. The highest BCUT2D eigenvalue weighted by atomic mass is 16.1. The summed E-state index contributed by atoms with van der Waals surface area (Å²) in [7, 11) is 0. The highest BCUT2D eigenvalue weighted by molar-refractivity contribution is 5.91. The van der Waals surface area contributed by atoms with Crippen LogP contribution < -0.4 is 5.32 Å². The van der Waals surface area contributed by atoms with Gasteiger partial charge in [-0.2, -0.15) is 5.10 Å². The zero-order valence-corrected chi connectivity index (χ0v) is 9.60. The third-order valence-electron chi connectivity index (χ3n) is 2.39. The van der Waals surface area contributed by atoms with Gasteiger partial charge in [0.25, 0.3) is 0 Å². The van der Waals surface area contributed by atoms with Gasteiger partial charge >= 0.3 is 0 Å². The highest BCUT2D eigenvalue weighted by Gasteiger charge is 2.06. The van der Waals surface area contributed by atoms with Crippen LogP contribution in [0.15, 0.2) is 30.6 Å². The average molecular weight is 230 g/mol. The molecular formula is C12H14N4O. The van der Waals surface area contributed by atoms with E-state index < -0.39 is 0 Å². The third-order valence-corrected chi connectivity index (χ3v) is 2.39. The van der Waals surface area contributed by atoms with Gasteiger partial charge in [0.1, 0.15) is 0 Å². The van der Waals surface area contributed by atoms with Gasteiger partial charge in [-0.05, 0) is 24.1 Å². The van der Waals surface area contributed by atoms with Crippen molar-refractivity contribution in [3.8, 4) is 0 Å². The van der Waals surface area contributed by atoms with Crippen LogP contribution in [0.1, 0.15) is 18.2 Å². The molecule has 0 aliphatic rings. The molecule has 0 radical (unpaired) electrons. The molecule has 2 aromatic rings. The van der Waals surface area contributed by atoms with Crippen molar-refractivity contribution < 1.29 is 4.79 Å². The minimum absolute atomic E-state index is 0.0784. The quantitative estimate of drug-likeness (QED) is 0.837. The Bertz CT molecular complexity index is 492. The van der Waals surface area contributed by atoms with Crippen LogP contribution in [0.25, 0.3) is 0 Å². The zero-order valence-electron chi connectivity index (χ0n) is 9.60. The lowest BCUT2D eigenvalue weighted by Gasteiger charge is -2.01. The smallest absolute Gasteiger partial charge is 0.229 e. The summed E-state index contributed by atoms with van der Waals surface area (Å²) < 4.78 is 0. The number of anilines is 1. The van der Waals surface area contributed by atoms with E-state index in [1.807, 2.05) is 25.1 Å². The summed E-state index contributed by atoms with van der Waals surface area (Å²) in [5.74, 6) is 0.492. The van der Waals surface area contributed by atoms with Gasteiger partial charge in [-0.1, -0.05) is 6.92 Å². The highest BCUT2D eigenvalue weighted by Crippen LogP contribution is 2.06. The van der Waals surface area contributed by atoms with E-state index in [1.165, 1.54) is 0 Å². The number of pyridine rings is 1. The molecule has 1 amide bonds. The number of hydrogen-bond acceptors (Lipinski definition) is 3. The maximum atomic E-state index is 11.7. The molecule has 2 rings (SSSR count). The minimum atomic E-state index is -0.0784. The van der Waals surface area contributed by atoms with Crippen LogP contribution in [0.3, 0.4) is 0 Å². The molecule has 88 valence electrons. The Morgan fingerprint density at radius 2 is 2.18 bits per heavy atom. The van der Waals surface area contributed by atoms with Crippen molar-refractivity contribution in [2.75, 3.05) is 5.32 Å².